The molecule has 0 radical (unpaired) electrons. The Morgan fingerprint density at radius 2 is 2.12 bits per heavy atom. The summed E-state index contributed by atoms with van der Waals surface area (Å²) in [5.41, 5.74) is 5.98. The average molecular weight is 605 g/mol. The fourth-order valence-corrected chi connectivity index (χ4v) is 7.26. The number of H-pyrrole nitrogens is 1. The van der Waals surface area contributed by atoms with Crippen molar-refractivity contribution < 1.29 is 33.9 Å². The first kappa shape index (κ1) is 28.6. The summed E-state index contributed by atoms with van der Waals surface area (Å²) < 4.78 is 4.56. The molecule has 218 valence electrons. The van der Waals surface area contributed by atoms with Crippen LogP contribution in [0.4, 0.5) is 5.13 Å². The van der Waals surface area contributed by atoms with Crippen LogP contribution < -0.4 is 21.6 Å². The number of carboxylic acid groups (broad SMARTS) is 1. The highest BCUT2D eigenvalue weighted by molar-refractivity contribution is 8.00. The Labute approximate surface area is 241 Å². The molecule has 2 aromatic heterocycles. The number of likely N-dealkylation sites (tertiary alicyclic amines) is 1. The molecule has 2 saturated heterocycles. The molecule has 5 rings (SSSR count). The van der Waals surface area contributed by atoms with Gasteiger partial charge in [0.15, 0.2) is 10.9 Å². The van der Waals surface area contributed by atoms with Crippen molar-refractivity contribution >= 4 is 51.9 Å². The molecule has 2 aromatic rings. The zero-order valence-electron chi connectivity index (χ0n) is 22.0. The Morgan fingerprint density at radius 3 is 2.76 bits per heavy atom. The van der Waals surface area contributed by atoms with E-state index in [0.717, 1.165) is 37.5 Å². The number of hydrogen-bond donors (Lipinski definition) is 4. The Balaban J connectivity index is 1.32. The van der Waals surface area contributed by atoms with Gasteiger partial charge in [0, 0.05) is 60.1 Å². The maximum atomic E-state index is 13.2. The van der Waals surface area contributed by atoms with Gasteiger partial charge in [-0.1, -0.05) is 5.16 Å². The van der Waals surface area contributed by atoms with Gasteiger partial charge in [-0.3, -0.25) is 19.3 Å². The van der Waals surface area contributed by atoms with Gasteiger partial charge in [0.25, 0.3) is 11.8 Å². The van der Waals surface area contributed by atoms with Gasteiger partial charge in [0.05, 0.1) is 31.3 Å². The van der Waals surface area contributed by atoms with E-state index in [-0.39, 0.29) is 28.1 Å². The van der Waals surface area contributed by atoms with Crippen molar-refractivity contribution in [3.63, 3.8) is 0 Å². The van der Waals surface area contributed by atoms with E-state index in [1.54, 1.807) is 0 Å². The number of hydrogen-bond acceptors (Lipinski definition) is 13. The predicted molar refractivity (Wildman–Crippen MR) is 146 cm³/mol. The van der Waals surface area contributed by atoms with Crippen molar-refractivity contribution in [3.05, 3.63) is 45.3 Å². The lowest BCUT2D eigenvalue weighted by molar-refractivity contribution is -0.912. The van der Waals surface area contributed by atoms with Crippen molar-refractivity contribution in [1.29, 1.82) is 0 Å². The normalized spacial score (nSPS) is 21.8. The molecule has 0 spiro atoms. The Morgan fingerprint density at radius 1 is 1.37 bits per heavy atom. The van der Waals surface area contributed by atoms with Crippen LogP contribution >= 0.6 is 23.3 Å². The van der Waals surface area contributed by atoms with Gasteiger partial charge >= 0.3 is 0 Å². The smallest absolute Gasteiger partial charge is 0.278 e. The van der Waals surface area contributed by atoms with Gasteiger partial charge in [-0.15, -0.1) is 11.8 Å². The van der Waals surface area contributed by atoms with E-state index < -0.39 is 34.6 Å². The highest BCUT2D eigenvalue weighted by Crippen LogP contribution is 2.41. The molecule has 2 fully saturated rings. The summed E-state index contributed by atoms with van der Waals surface area (Å²) in [6, 6.07) is 0.368. The largest absolute Gasteiger partial charge is 0.543 e. The number of nitrogen functional groups attached to an aromatic ring is 1. The number of aliphatic carboxylic acids is 1. The third-order valence-electron chi connectivity index (χ3n) is 7.43. The Kier molecular flexibility index (Phi) is 8.01. The molecule has 41 heavy (non-hydrogen) atoms. The first-order chi connectivity index (χ1) is 19.6. The number of thioether (sulfide) groups is 1. The average Bonchev–Trinajstić information content (AvgIpc) is 3.59. The van der Waals surface area contributed by atoms with Gasteiger partial charge < -0.3 is 40.4 Å². The van der Waals surface area contributed by atoms with Crippen LogP contribution in [0.25, 0.3) is 0 Å². The van der Waals surface area contributed by atoms with Crippen molar-refractivity contribution in [3.8, 4) is 5.75 Å². The van der Waals surface area contributed by atoms with Crippen molar-refractivity contribution in [2.24, 2.45) is 5.16 Å². The Hall–Kier alpha value is -3.96. The number of carbonyl (C=O) groups excluding carboxylic acids is 3. The number of oxime groups is 1. The fourth-order valence-electron chi connectivity index (χ4n) is 5.49. The molecule has 0 bridgehead atoms. The second kappa shape index (κ2) is 11.5. The van der Waals surface area contributed by atoms with E-state index in [1.807, 2.05) is 0 Å². The summed E-state index contributed by atoms with van der Waals surface area (Å²) in [5.74, 6) is -2.86. The standard InChI is InChI=1S/C24H28N8O7S2/c1-39-29-16(19-28-24(25)41-30-19)20(35)27-17-21(36)31-18(23(37)38)12(11-40-22(17)31)10-32(5-2-3-6-32)7-4-13-8-14(33)15(34)9-26-13/h8-9,17,22H,2-7,10-11H2,1H3,(H5-,25,26,27,28,29,30,33,34,35,37,38)/t17-,22-/m1/s1. The first-order valence-electron chi connectivity index (χ1n) is 12.8. The number of aromatic nitrogens is 3. The third-order valence-corrected chi connectivity index (χ3v) is 9.31. The second-order valence-corrected chi connectivity index (χ2v) is 11.9. The number of carboxylic acids is 1. The maximum Gasteiger partial charge on any atom is 0.278 e. The summed E-state index contributed by atoms with van der Waals surface area (Å²) in [5, 5.41) is 27.6. The molecule has 2 atom stereocenters. The molecular formula is C24H28N8O7S2. The number of aromatic hydroxyl groups is 1. The van der Waals surface area contributed by atoms with Crippen LogP contribution in [-0.4, -0.2) is 103 Å². The minimum atomic E-state index is -1.45. The van der Waals surface area contributed by atoms with Gasteiger partial charge in [-0.25, -0.2) is 0 Å². The number of aromatic amines is 1. The number of carbonyl (C=O) groups is 3. The molecule has 0 saturated carbocycles. The second-order valence-electron chi connectivity index (χ2n) is 10.0. The van der Waals surface area contributed by atoms with Crippen molar-refractivity contribution in [2.75, 3.05) is 44.8 Å². The highest BCUT2D eigenvalue weighted by atomic mass is 32.2. The monoisotopic (exact) mass is 604 g/mol. The molecule has 0 unspecified atom stereocenters. The topological polar surface area (TPSA) is 216 Å². The van der Waals surface area contributed by atoms with Crippen LogP contribution in [-0.2, 0) is 25.6 Å². The molecule has 3 aliphatic heterocycles. The number of pyridine rings is 1. The lowest BCUT2D eigenvalue weighted by Gasteiger charge is -2.51. The molecule has 17 heteroatoms. The number of rotatable bonds is 10. The molecule has 0 aromatic carbocycles. The van der Waals surface area contributed by atoms with E-state index in [9.17, 15) is 29.4 Å². The van der Waals surface area contributed by atoms with Crippen LogP contribution in [0.5, 0.6) is 5.75 Å². The van der Waals surface area contributed by atoms with Crippen molar-refractivity contribution in [1.82, 2.24) is 24.6 Å². The number of nitrogens with one attached hydrogen (secondary N) is 2. The third kappa shape index (κ3) is 5.64. The summed E-state index contributed by atoms with van der Waals surface area (Å²) in [4.78, 5) is 63.1. The number of anilines is 1. The van der Waals surface area contributed by atoms with Crippen LogP contribution in [0.3, 0.4) is 0 Å². The molecule has 5 heterocycles. The van der Waals surface area contributed by atoms with Gasteiger partial charge in [0.1, 0.15) is 25.1 Å². The van der Waals surface area contributed by atoms with E-state index in [0.29, 0.717) is 41.0 Å². The van der Waals surface area contributed by atoms with Gasteiger partial charge in [-0.05, 0) is 0 Å². The number of fused-ring (bicyclic) bond motifs is 1. The maximum absolute atomic E-state index is 13.2. The van der Waals surface area contributed by atoms with Crippen LogP contribution in [0.1, 0.15) is 24.4 Å². The molecule has 2 amide bonds. The lowest BCUT2D eigenvalue weighted by atomic mass is 10.0. The summed E-state index contributed by atoms with van der Waals surface area (Å²) in [6.07, 6.45) is 3.73. The zero-order valence-corrected chi connectivity index (χ0v) is 23.6. The minimum Gasteiger partial charge on any atom is -0.543 e. The number of amides is 2. The summed E-state index contributed by atoms with van der Waals surface area (Å²) >= 11 is 2.23. The SMILES string of the molecule is CON=C(C(=O)N[C@@H]1C(=O)N2C(C(=O)[O-])=C(C[N+]3(CCc4cc(=O)c(O)c[nH]4)CCCC3)CS[C@H]12)c1nsc(N)n1. The van der Waals surface area contributed by atoms with Gasteiger partial charge in [-0.2, -0.15) is 9.36 Å². The molecule has 3 aliphatic rings. The number of nitrogens with zero attached hydrogens (tertiary/aromatic N) is 5. The molecule has 0 aliphatic carbocycles. The van der Waals surface area contributed by atoms with Crippen LogP contribution in [0, 0.1) is 0 Å². The zero-order chi connectivity index (χ0) is 29.3. The van der Waals surface area contributed by atoms with Crippen LogP contribution in [0.15, 0.2) is 33.5 Å². The van der Waals surface area contributed by atoms with E-state index in [2.05, 4.69) is 24.8 Å². The quantitative estimate of drug-likeness (QED) is 0.102. The van der Waals surface area contributed by atoms with E-state index in [1.165, 1.54) is 36.0 Å². The fraction of sp³-hybridized carbons (Fsp3) is 0.458. The van der Waals surface area contributed by atoms with Crippen molar-refractivity contribution in [2.45, 2.75) is 30.7 Å². The van der Waals surface area contributed by atoms with E-state index in [4.69, 9.17) is 10.6 Å². The number of quaternary nitrogens is 1. The molecule has 15 nitrogen and oxygen atoms in total. The van der Waals surface area contributed by atoms with E-state index >= 15 is 0 Å². The number of nitrogens with two attached hydrogens (primary N) is 1. The predicted octanol–water partition coefficient (Wildman–Crippen LogP) is -1.88. The minimum absolute atomic E-state index is 0.0552. The Bertz CT molecular complexity index is 1500. The summed E-state index contributed by atoms with van der Waals surface area (Å²) in [6.45, 7) is 2.70. The molecule has 5 N–H and O–H groups in total. The summed E-state index contributed by atoms with van der Waals surface area (Å²) in [7, 11) is 1.24. The lowest BCUT2D eigenvalue weighted by Crippen LogP contribution is -2.72. The molecular weight excluding hydrogens is 576 g/mol. The number of β-lactam (4-membered cyclic amide) rings is 1. The van der Waals surface area contributed by atoms with Crippen LogP contribution in [0.2, 0.25) is 0 Å². The highest BCUT2D eigenvalue weighted by Gasteiger charge is 2.54. The van der Waals surface area contributed by atoms with Gasteiger partial charge in [0.2, 0.25) is 17.0 Å². The first-order valence-corrected chi connectivity index (χ1v) is 14.6.